The number of hydrogen-bond acceptors (Lipinski definition) is 3. The van der Waals surface area contributed by atoms with E-state index in [0.29, 0.717) is 6.61 Å². The third-order valence-electron chi connectivity index (χ3n) is 1.82. The summed E-state index contributed by atoms with van der Waals surface area (Å²) in [5.41, 5.74) is 0. The molecule has 0 heterocycles. The van der Waals surface area contributed by atoms with Crippen LogP contribution < -0.4 is 0 Å². The van der Waals surface area contributed by atoms with Gasteiger partial charge < -0.3 is 14.3 Å². The summed E-state index contributed by atoms with van der Waals surface area (Å²) in [7, 11) is 0. The Morgan fingerprint density at radius 1 is 1.17 bits per heavy atom. The van der Waals surface area contributed by atoms with Crippen molar-refractivity contribution in [3.63, 3.8) is 0 Å². The summed E-state index contributed by atoms with van der Waals surface area (Å²) < 4.78 is 5.28. The normalized spacial score (nSPS) is 17.9. The molecule has 3 heteroatoms. The number of aldehydes is 2. The molecule has 0 aromatic heterocycles. The highest BCUT2D eigenvalue weighted by Gasteiger charge is 2.22. The maximum absolute atomic E-state index is 10.4. The summed E-state index contributed by atoms with van der Waals surface area (Å²) in [5.74, 6) is -0.435. The van der Waals surface area contributed by atoms with Crippen LogP contribution in [-0.2, 0) is 14.3 Å². The molecule has 0 bridgehead atoms. The van der Waals surface area contributed by atoms with Gasteiger partial charge in [0.15, 0.2) is 0 Å². The van der Waals surface area contributed by atoms with Crippen molar-refractivity contribution < 1.29 is 14.3 Å². The van der Waals surface area contributed by atoms with E-state index in [1.165, 1.54) is 0 Å². The van der Waals surface area contributed by atoms with Gasteiger partial charge in [-0.05, 0) is 6.92 Å². The van der Waals surface area contributed by atoms with Gasteiger partial charge in [0.05, 0.1) is 6.10 Å². The first kappa shape index (κ1) is 11.3. The number of carbonyl (C=O) groups is 2. The van der Waals surface area contributed by atoms with Gasteiger partial charge in [-0.1, -0.05) is 13.8 Å². The largest absolute Gasteiger partial charge is 0.377 e. The predicted octanol–water partition coefficient (Wildman–Crippen LogP) is 1.06. The topological polar surface area (TPSA) is 43.4 Å². The molecule has 0 aliphatic heterocycles. The SMILES string of the molecule is CCOC(C(C)C=O)C(C)C=O. The molecule has 2 unspecified atom stereocenters. The highest BCUT2D eigenvalue weighted by atomic mass is 16.5. The molecule has 0 aliphatic rings. The van der Waals surface area contributed by atoms with Gasteiger partial charge in [0.2, 0.25) is 0 Å². The molecule has 12 heavy (non-hydrogen) atoms. The minimum Gasteiger partial charge on any atom is -0.377 e. The summed E-state index contributed by atoms with van der Waals surface area (Å²) in [6.07, 6.45) is 1.37. The van der Waals surface area contributed by atoms with Gasteiger partial charge in [-0.2, -0.15) is 0 Å². The Hall–Kier alpha value is -0.700. The Kier molecular flexibility index (Phi) is 5.54. The fraction of sp³-hybridized carbons (Fsp3) is 0.778. The third kappa shape index (κ3) is 3.13. The number of ether oxygens (including phenoxy) is 1. The first-order valence-corrected chi connectivity index (χ1v) is 4.19. The molecule has 0 saturated carbocycles. The van der Waals surface area contributed by atoms with E-state index < -0.39 is 0 Å². The lowest BCUT2D eigenvalue weighted by Gasteiger charge is -2.22. The molecule has 2 atom stereocenters. The van der Waals surface area contributed by atoms with E-state index in [2.05, 4.69) is 0 Å². The third-order valence-corrected chi connectivity index (χ3v) is 1.82. The number of hydrogen-bond donors (Lipinski definition) is 0. The summed E-state index contributed by atoms with van der Waals surface area (Å²) in [6.45, 7) is 5.89. The Morgan fingerprint density at radius 3 is 1.83 bits per heavy atom. The second kappa shape index (κ2) is 5.89. The number of rotatable bonds is 6. The van der Waals surface area contributed by atoms with E-state index in [9.17, 15) is 9.59 Å². The van der Waals surface area contributed by atoms with Crippen LogP contribution in [-0.4, -0.2) is 25.3 Å². The van der Waals surface area contributed by atoms with Crippen molar-refractivity contribution in [3.05, 3.63) is 0 Å². The van der Waals surface area contributed by atoms with Crippen molar-refractivity contribution >= 4 is 12.6 Å². The fourth-order valence-electron chi connectivity index (χ4n) is 1.13. The van der Waals surface area contributed by atoms with Crippen molar-refractivity contribution in [2.45, 2.75) is 26.9 Å². The van der Waals surface area contributed by atoms with Crippen molar-refractivity contribution in [3.8, 4) is 0 Å². The minimum absolute atomic E-state index is 0.217. The van der Waals surface area contributed by atoms with E-state index in [1.807, 2.05) is 6.92 Å². The van der Waals surface area contributed by atoms with Gasteiger partial charge in [-0.25, -0.2) is 0 Å². The van der Waals surface area contributed by atoms with E-state index >= 15 is 0 Å². The lowest BCUT2D eigenvalue weighted by atomic mass is 9.95. The average molecular weight is 172 g/mol. The maximum atomic E-state index is 10.4. The zero-order valence-corrected chi connectivity index (χ0v) is 7.82. The highest BCUT2D eigenvalue weighted by molar-refractivity contribution is 5.59. The molecule has 0 saturated heterocycles. The van der Waals surface area contributed by atoms with Crippen LogP contribution in [0.15, 0.2) is 0 Å². The summed E-state index contributed by atoms with van der Waals surface area (Å²) >= 11 is 0. The lowest BCUT2D eigenvalue weighted by molar-refractivity contribution is -0.122. The molecule has 3 nitrogen and oxygen atoms in total. The average Bonchev–Trinajstić information content (AvgIpc) is 2.11. The Morgan fingerprint density at radius 2 is 1.58 bits per heavy atom. The van der Waals surface area contributed by atoms with Crippen LogP contribution in [0.25, 0.3) is 0 Å². The molecule has 0 aromatic rings. The van der Waals surface area contributed by atoms with Gasteiger partial charge in [0, 0.05) is 18.4 Å². The number of carbonyl (C=O) groups excluding carboxylic acids is 2. The summed E-state index contributed by atoms with van der Waals surface area (Å²) in [6, 6.07) is 0. The summed E-state index contributed by atoms with van der Waals surface area (Å²) in [4.78, 5) is 20.9. The monoisotopic (exact) mass is 172 g/mol. The molecular weight excluding hydrogens is 156 g/mol. The van der Waals surface area contributed by atoms with Gasteiger partial charge in [-0.3, -0.25) is 0 Å². The lowest BCUT2D eigenvalue weighted by Crippen LogP contribution is -2.30. The van der Waals surface area contributed by atoms with Crippen LogP contribution in [0.5, 0.6) is 0 Å². The summed E-state index contributed by atoms with van der Waals surface area (Å²) in [5, 5.41) is 0. The molecule has 0 amide bonds. The quantitative estimate of drug-likeness (QED) is 0.563. The molecule has 0 aliphatic carbocycles. The van der Waals surface area contributed by atoms with Crippen LogP contribution in [0, 0.1) is 11.8 Å². The van der Waals surface area contributed by atoms with E-state index in [4.69, 9.17) is 4.74 Å². The Labute approximate surface area is 73.1 Å². The van der Waals surface area contributed by atoms with Crippen molar-refractivity contribution in [2.75, 3.05) is 6.61 Å². The van der Waals surface area contributed by atoms with E-state index in [0.717, 1.165) is 12.6 Å². The van der Waals surface area contributed by atoms with Crippen LogP contribution in [0.2, 0.25) is 0 Å². The van der Waals surface area contributed by atoms with E-state index in [1.54, 1.807) is 13.8 Å². The molecule has 0 N–H and O–H groups in total. The Balaban J connectivity index is 4.19. The Bertz CT molecular complexity index is 131. The van der Waals surface area contributed by atoms with Gasteiger partial charge in [-0.15, -0.1) is 0 Å². The zero-order chi connectivity index (χ0) is 9.56. The highest BCUT2D eigenvalue weighted by Crippen LogP contribution is 2.13. The maximum Gasteiger partial charge on any atom is 0.125 e. The molecule has 0 radical (unpaired) electrons. The van der Waals surface area contributed by atoms with Crippen molar-refractivity contribution in [2.24, 2.45) is 11.8 Å². The fourth-order valence-corrected chi connectivity index (χ4v) is 1.13. The van der Waals surface area contributed by atoms with Gasteiger partial charge in [0.1, 0.15) is 12.6 Å². The van der Waals surface area contributed by atoms with Gasteiger partial charge >= 0.3 is 0 Å². The zero-order valence-electron chi connectivity index (χ0n) is 7.82. The second-order valence-electron chi connectivity index (χ2n) is 2.91. The van der Waals surface area contributed by atoms with Crippen LogP contribution in [0.3, 0.4) is 0 Å². The van der Waals surface area contributed by atoms with Crippen molar-refractivity contribution in [1.82, 2.24) is 0 Å². The predicted molar refractivity (Wildman–Crippen MR) is 45.9 cm³/mol. The second-order valence-corrected chi connectivity index (χ2v) is 2.91. The standard InChI is InChI=1S/C9H16O3/c1-4-12-9(7(2)5-10)8(3)6-11/h5-9H,4H2,1-3H3. The first-order valence-electron chi connectivity index (χ1n) is 4.19. The molecule has 0 rings (SSSR count). The molecule has 0 spiro atoms. The molecule has 0 aromatic carbocycles. The van der Waals surface area contributed by atoms with E-state index in [-0.39, 0.29) is 17.9 Å². The minimum atomic E-state index is -0.273. The van der Waals surface area contributed by atoms with Crippen molar-refractivity contribution in [1.29, 1.82) is 0 Å². The molecule has 0 fully saturated rings. The van der Waals surface area contributed by atoms with Gasteiger partial charge in [0.25, 0.3) is 0 Å². The van der Waals surface area contributed by atoms with Crippen LogP contribution >= 0.6 is 0 Å². The smallest absolute Gasteiger partial charge is 0.125 e. The molecular formula is C9H16O3. The van der Waals surface area contributed by atoms with Crippen LogP contribution in [0.1, 0.15) is 20.8 Å². The first-order chi connectivity index (χ1) is 5.67. The molecule has 70 valence electrons. The van der Waals surface area contributed by atoms with Crippen LogP contribution in [0.4, 0.5) is 0 Å².